The largest absolute Gasteiger partial charge is 0.477 e. The van der Waals surface area contributed by atoms with E-state index in [0.717, 1.165) is 25.9 Å². The van der Waals surface area contributed by atoms with E-state index in [1.54, 1.807) is 12.1 Å². The summed E-state index contributed by atoms with van der Waals surface area (Å²) in [7, 11) is 0. The molecule has 0 spiro atoms. The van der Waals surface area contributed by atoms with Crippen molar-refractivity contribution in [3.63, 3.8) is 0 Å². The lowest BCUT2D eigenvalue weighted by atomic mass is 10.2. The van der Waals surface area contributed by atoms with Gasteiger partial charge in [-0.05, 0) is 25.5 Å². The fourth-order valence-electron chi connectivity index (χ4n) is 2.61. The summed E-state index contributed by atoms with van der Waals surface area (Å²) in [5, 5.41) is 14.2. The Morgan fingerprint density at radius 3 is 2.91 bits per heavy atom. The number of hydrogen-bond acceptors (Lipinski definition) is 5. The first-order chi connectivity index (χ1) is 10.6. The zero-order chi connectivity index (χ0) is 15.9. The number of nitro benzene ring substituents is 1. The van der Waals surface area contributed by atoms with E-state index in [9.17, 15) is 14.9 Å². The lowest BCUT2D eigenvalue weighted by Gasteiger charge is -2.28. The van der Waals surface area contributed by atoms with Crippen molar-refractivity contribution in [3.8, 4) is 5.75 Å². The SMILES string of the molecule is CCCN(C(=O)COc1ccccc1[N+](=O)[O-])C1CCNC1. The summed E-state index contributed by atoms with van der Waals surface area (Å²) in [5.74, 6) is -0.00412. The van der Waals surface area contributed by atoms with E-state index in [0.29, 0.717) is 6.54 Å². The zero-order valence-corrected chi connectivity index (χ0v) is 12.7. The monoisotopic (exact) mass is 307 g/mol. The van der Waals surface area contributed by atoms with Crippen molar-refractivity contribution in [1.82, 2.24) is 10.2 Å². The van der Waals surface area contributed by atoms with Crippen molar-refractivity contribution in [2.45, 2.75) is 25.8 Å². The molecule has 1 aliphatic heterocycles. The molecule has 1 atom stereocenters. The van der Waals surface area contributed by atoms with Crippen LogP contribution >= 0.6 is 0 Å². The number of carbonyl (C=O) groups is 1. The minimum Gasteiger partial charge on any atom is -0.477 e. The van der Waals surface area contributed by atoms with E-state index in [2.05, 4.69) is 5.32 Å². The Bertz CT molecular complexity index is 529. The van der Waals surface area contributed by atoms with Gasteiger partial charge in [-0.15, -0.1) is 0 Å². The predicted molar refractivity (Wildman–Crippen MR) is 81.9 cm³/mol. The van der Waals surface area contributed by atoms with Crippen molar-refractivity contribution in [3.05, 3.63) is 34.4 Å². The summed E-state index contributed by atoms with van der Waals surface area (Å²) in [5.41, 5.74) is -0.125. The highest BCUT2D eigenvalue weighted by molar-refractivity contribution is 5.78. The number of nitrogens with one attached hydrogen (secondary N) is 1. The van der Waals surface area contributed by atoms with E-state index in [4.69, 9.17) is 4.74 Å². The van der Waals surface area contributed by atoms with E-state index in [1.165, 1.54) is 12.1 Å². The van der Waals surface area contributed by atoms with Crippen molar-refractivity contribution in [1.29, 1.82) is 0 Å². The third-order valence-corrected chi connectivity index (χ3v) is 3.67. The standard InChI is InChI=1S/C15H21N3O4/c1-2-9-17(12-7-8-16-10-12)15(19)11-22-14-6-4-3-5-13(14)18(20)21/h3-6,12,16H,2,7-11H2,1H3. The van der Waals surface area contributed by atoms with Crippen molar-refractivity contribution >= 4 is 11.6 Å². The summed E-state index contributed by atoms with van der Waals surface area (Å²) >= 11 is 0. The number of nitrogens with zero attached hydrogens (tertiary/aromatic N) is 2. The molecule has 1 fully saturated rings. The number of rotatable bonds is 7. The van der Waals surface area contributed by atoms with E-state index < -0.39 is 4.92 Å². The average Bonchev–Trinajstić information content (AvgIpc) is 3.04. The number of carbonyl (C=O) groups excluding carboxylic acids is 1. The Hall–Kier alpha value is -2.15. The number of benzene rings is 1. The van der Waals surface area contributed by atoms with Crippen LogP contribution in [0.2, 0.25) is 0 Å². The molecule has 1 saturated heterocycles. The zero-order valence-electron chi connectivity index (χ0n) is 12.7. The van der Waals surface area contributed by atoms with Gasteiger partial charge in [0.1, 0.15) is 0 Å². The Morgan fingerprint density at radius 2 is 2.27 bits per heavy atom. The van der Waals surface area contributed by atoms with Crippen LogP contribution in [-0.2, 0) is 4.79 Å². The highest BCUT2D eigenvalue weighted by Gasteiger charge is 2.26. The normalized spacial score (nSPS) is 17.2. The molecule has 0 aliphatic carbocycles. The molecule has 1 amide bonds. The Balaban J connectivity index is 2.00. The summed E-state index contributed by atoms with van der Waals surface area (Å²) in [4.78, 5) is 24.6. The molecular formula is C15H21N3O4. The second-order valence-electron chi connectivity index (χ2n) is 5.25. The van der Waals surface area contributed by atoms with Crippen molar-refractivity contribution in [2.75, 3.05) is 26.2 Å². The van der Waals surface area contributed by atoms with Crippen LogP contribution in [0.15, 0.2) is 24.3 Å². The molecule has 0 aromatic heterocycles. The van der Waals surface area contributed by atoms with Gasteiger partial charge in [0.05, 0.1) is 4.92 Å². The summed E-state index contributed by atoms with van der Waals surface area (Å²) in [6, 6.07) is 6.27. The quantitative estimate of drug-likeness (QED) is 0.610. The first kappa shape index (κ1) is 16.2. The molecule has 2 rings (SSSR count). The van der Waals surface area contributed by atoms with Gasteiger partial charge in [-0.3, -0.25) is 14.9 Å². The van der Waals surface area contributed by atoms with Crippen LogP contribution in [0, 0.1) is 10.1 Å². The molecule has 7 nitrogen and oxygen atoms in total. The average molecular weight is 307 g/mol. The Labute approximate surface area is 129 Å². The van der Waals surface area contributed by atoms with Gasteiger partial charge in [0, 0.05) is 25.2 Å². The predicted octanol–water partition coefficient (Wildman–Crippen LogP) is 1.57. The van der Waals surface area contributed by atoms with Crippen LogP contribution in [0.4, 0.5) is 5.69 Å². The summed E-state index contributed by atoms with van der Waals surface area (Å²) < 4.78 is 5.39. The second-order valence-corrected chi connectivity index (χ2v) is 5.25. The van der Waals surface area contributed by atoms with Gasteiger partial charge < -0.3 is 15.0 Å². The minimum absolute atomic E-state index is 0.125. The first-order valence-corrected chi connectivity index (χ1v) is 7.50. The molecule has 1 aromatic rings. The van der Waals surface area contributed by atoms with Crippen LogP contribution in [-0.4, -0.2) is 48.0 Å². The van der Waals surface area contributed by atoms with Crippen LogP contribution in [0.1, 0.15) is 19.8 Å². The highest BCUT2D eigenvalue weighted by Crippen LogP contribution is 2.25. The number of nitro groups is 1. The highest BCUT2D eigenvalue weighted by atomic mass is 16.6. The van der Waals surface area contributed by atoms with Gasteiger partial charge >= 0.3 is 5.69 Å². The van der Waals surface area contributed by atoms with E-state index in [-0.39, 0.29) is 30.0 Å². The Morgan fingerprint density at radius 1 is 1.50 bits per heavy atom. The Kier molecular flexibility index (Phi) is 5.71. The molecule has 22 heavy (non-hydrogen) atoms. The molecule has 7 heteroatoms. The first-order valence-electron chi connectivity index (χ1n) is 7.50. The molecule has 120 valence electrons. The molecular weight excluding hydrogens is 286 g/mol. The number of hydrogen-bond donors (Lipinski definition) is 1. The number of ether oxygens (including phenoxy) is 1. The minimum atomic E-state index is -0.509. The smallest absolute Gasteiger partial charge is 0.310 e. The molecule has 0 radical (unpaired) electrons. The third kappa shape index (κ3) is 3.94. The molecule has 1 heterocycles. The van der Waals surface area contributed by atoms with E-state index >= 15 is 0 Å². The van der Waals surface area contributed by atoms with Gasteiger partial charge in [0.2, 0.25) is 0 Å². The summed E-state index contributed by atoms with van der Waals surface area (Å²) in [6.45, 7) is 4.21. The van der Waals surface area contributed by atoms with Gasteiger partial charge in [-0.2, -0.15) is 0 Å². The molecule has 0 bridgehead atoms. The van der Waals surface area contributed by atoms with Crippen molar-refractivity contribution in [2.24, 2.45) is 0 Å². The maximum Gasteiger partial charge on any atom is 0.310 e. The van der Waals surface area contributed by atoms with E-state index in [1.807, 2.05) is 11.8 Å². The van der Waals surface area contributed by atoms with Crippen LogP contribution in [0.25, 0.3) is 0 Å². The fraction of sp³-hybridized carbons (Fsp3) is 0.533. The number of amides is 1. The van der Waals surface area contributed by atoms with Crippen LogP contribution < -0.4 is 10.1 Å². The maximum atomic E-state index is 12.4. The molecule has 1 unspecified atom stereocenters. The fourth-order valence-corrected chi connectivity index (χ4v) is 2.61. The maximum absolute atomic E-state index is 12.4. The van der Waals surface area contributed by atoms with Gasteiger partial charge in [-0.25, -0.2) is 0 Å². The summed E-state index contributed by atoms with van der Waals surface area (Å²) in [6.07, 6.45) is 1.80. The van der Waals surface area contributed by atoms with Crippen LogP contribution in [0.3, 0.4) is 0 Å². The molecule has 1 aromatic carbocycles. The van der Waals surface area contributed by atoms with Crippen LogP contribution in [0.5, 0.6) is 5.75 Å². The number of para-hydroxylation sites is 2. The second kappa shape index (κ2) is 7.74. The van der Waals surface area contributed by atoms with Crippen molar-refractivity contribution < 1.29 is 14.5 Å². The third-order valence-electron chi connectivity index (χ3n) is 3.67. The topological polar surface area (TPSA) is 84.7 Å². The van der Waals surface area contributed by atoms with Gasteiger partial charge in [0.25, 0.3) is 5.91 Å². The lowest BCUT2D eigenvalue weighted by molar-refractivity contribution is -0.385. The van der Waals surface area contributed by atoms with Gasteiger partial charge in [-0.1, -0.05) is 19.1 Å². The molecule has 0 saturated carbocycles. The molecule has 1 aliphatic rings. The van der Waals surface area contributed by atoms with Gasteiger partial charge in [0.15, 0.2) is 12.4 Å². The molecule has 1 N–H and O–H groups in total. The lowest BCUT2D eigenvalue weighted by Crippen LogP contribution is -2.44.